The van der Waals surface area contributed by atoms with E-state index in [1.54, 1.807) is 12.1 Å². The maximum absolute atomic E-state index is 13.2. The Balaban J connectivity index is 1.37. The van der Waals surface area contributed by atoms with Crippen LogP contribution in [0.3, 0.4) is 0 Å². The van der Waals surface area contributed by atoms with Crippen LogP contribution in [0.5, 0.6) is 5.75 Å². The largest absolute Gasteiger partial charge is 0.484 e. The Morgan fingerprint density at radius 3 is 2.65 bits per heavy atom. The molecule has 0 atom stereocenters. The number of halogens is 1. The maximum atomic E-state index is 13.2. The van der Waals surface area contributed by atoms with Gasteiger partial charge in [0.15, 0.2) is 12.4 Å². The van der Waals surface area contributed by atoms with E-state index >= 15 is 0 Å². The molecule has 4 rings (SSSR count). The van der Waals surface area contributed by atoms with Gasteiger partial charge in [-0.2, -0.15) is 0 Å². The van der Waals surface area contributed by atoms with Gasteiger partial charge in [-0.1, -0.05) is 25.1 Å². The topological polar surface area (TPSA) is 67.4 Å². The van der Waals surface area contributed by atoms with Crippen LogP contribution < -0.4 is 15.0 Å². The fraction of sp³-hybridized carbons (Fsp3) is 0.292. The van der Waals surface area contributed by atoms with Crippen LogP contribution in [-0.4, -0.2) is 35.8 Å². The lowest BCUT2D eigenvalue weighted by molar-refractivity contribution is -0.118. The van der Waals surface area contributed by atoms with E-state index in [-0.39, 0.29) is 12.5 Å². The number of benzene rings is 2. The number of ether oxygens (including phenoxy) is 1. The highest BCUT2D eigenvalue weighted by Gasteiger charge is 2.17. The van der Waals surface area contributed by atoms with Gasteiger partial charge >= 0.3 is 0 Å². The van der Waals surface area contributed by atoms with E-state index in [9.17, 15) is 9.18 Å². The highest BCUT2D eigenvalue weighted by atomic mass is 19.1. The molecule has 1 aromatic heterocycles. The fourth-order valence-electron chi connectivity index (χ4n) is 3.54. The van der Waals surface area contributed by atoms with Crippen LogP contribution in [0.4, 0.5) is 15.9 Å². The van der Waals surface area contributed by atoms with E-state index < -0.39 is 5.82 Å². The first-order chi connectivity index (χ1) is 15.1. The van der Waals surface area contributed by atoms with Crippen LogP contribution >= 0.6 is 0 Å². The monoisotopic (exact) mass is 420 g/mol. The summed E-state index contributed by atoms with van der Waals surface area (Å²) in [6.45, 7) is 4.09. The summed E-state index contributed by atoms with van der Waals surface area (Å²) in [5.41, 5.74) is 2.22. The molecule has 31 heavy (non-hydrogen) atoms. The molecular formula is C24H25FN4O2. The molecule has 1 aliphatic heterocycles. The van der Waals surface area contributed by atoms with Gasteiger partial charge in [0.2, 0.25) is 0 Å². The number of piperidine rings is 1. The summed E-state index contributed by atoms with van der Waals surface area (Å²) in [6.07, 6.45) is 2.35. The average Bonchev–Trinajstić information content (AvgIpc) is 2.79. The molecule has 0 bridgehead atoms. The van der Waals surface area contributed by atoms with Crippen molar-refractivity contribution in [1.29, 1.82) is 0 Å². The van der Waals surface area contributed by atoms with Crippen LogP contribution in [-0.2, 0) is 4.79 Å². The molecule has 0 aliphatic carbocycles. The first kappa shape index (κ1) is 20.8. The summed E-state index contributed by atoms with van der Waals surface area (Å²) in [5.74, 6) is 1.23. The summed E-state index contributed by atoms with van der Waals surface area (Å²) in [4.78, 5) is 14.5. The maximum Gasteiger partial charge on any atom is 0.262 e. The predicted molar refractivity (Wildman–Crippen MR) is 119 cm³/mol. The molecule has 1 N–H and O–H groups in total. The SMILES string of the molecule is CC1CCN(c2ccc(-c3cccc(NC(=O)COc4cccc(F)c4)c3)nn2)CC1. The van der Waals surface area contributed by atoms with Crippen molar-refractivity contribution >= 4 is 17.4 Å². The van der Waals surface area contributed by atoms with Crippen LogP contribution in [0, 0.1) is 11.7 Å². The van der Waals surface area contributed by atoms with E-state index in [0.717, 1.165) is 36.1 Å². The molecule has 1 amide bonds. The number of rotatable bonds is 6. The number of nitrogens with one attached hydrogen (secondary N) is 1. The Hall–Kier alpha value is -3.48. The third-order valence-corrected chi connectivity index (χ3v) is 5.37. The second kappa shape index (κ2) is 9.55. The number of nitrogens with zero attached hydrogens (tertiary/aromatic N) is 3. The van der Waals surface area contributed by atoms with Gasteiger partial charge in [-0.15, -0.1) is 10.2 Å². The third-order valence-electron chi connectivity index (χ3n) is 5.37. The normalized spacial score (nSPS) is 14.3. The summed E-state index contributed by atoms with van der Waals surface area (Å²) in [5, 5.41) is 11.6. The van der Waals surface area contributed by atoms with E-state index in [2.05, 4.69) is 27.3 Å². The number of anilines is 2. The molecule has 0 spiro atoms. The zero-order chi connectivity index (χ0) is 21.6. The lowest BCUT2D eigenvalue weighted by atomic mass is 9.99. The molecule has 2 aromatic carbocycles. The van der Waals surface area contributed by atoms with Crippen molar-refractivity contribution in [2.24, 2.45) is 5.92 Å². The zero-order valence-electron chi connectivity index (χ0n) is 17.4. The van der Waals surface area contributed by atoms with Crippen LogP contribution in [0.25, 0.3) is 11.3 Å². The number of carbonyl (C=O) groups is 1. The quantitative estimate of drug-likeness (QED) is 0.634. The number of hydrogen-bond donors (Lipinski definition) is 1. The molecule has 0 unspecified atom stereocenters. The molecule has 160 valence electrons. The van der Waals surface area contributed by atoms with Gasteiger partial charge in [-0.3, -0.25) is 4.79 Å². The first-order valence-corrected chi connectivity index (χ1v) is 10.4. The van der Waals surface area contributed by atoms with Gasteiger partial charge in [0.25, 0.3) is 5.91 Å². The van der Waals surface area contributed by atoms with Gasteiger partial charge in [0.1, 0.15) is 11.6 Å². The zero-order valence-corrected chi connectivity index (χ0v) is 17.4. The molecule has 3 aromatic rings. The van der Waals surface area contributed by atoms with Crippen molar-refractivity contribution in [3.8, 4) is 17.0 Å². The van der Waals surface area contributed by atoms with Gasteiger partial charge in [-0.25, -0.2) is 4.39 Å². The Bertz CT molecular complexity index is 1030. The Kier molecular flexibility index (Phi) is 6.40. The Morgan fingerprint density at radius 2 is 1.90 bits per heavy atom. The summed E-state index contributed by atoms with van der Waals surface area (Å²) < 4.78 is 18.5. The molecule has 0 saturated carbocycles. The van der Waals surface area contributed by atoms with E-state index in [1.165, 1.54) is 31.0 Å². The van der Waals surface area contributed by atoms with Crippen molar-refractivity contribution in [2.75, 3.05) is 29.9 Å². The lowest BCUT2D eigenvalue weighted by Gasteiger charge is -2.30. The van der Waals surface area contributed by atoms with Crippen LogP contribution in [0.15, 0.2) is 60.7 Å². The van der Waals surface area contributed by atoms with E-state index in [0.29, 0.717) is 11.4 Å². The second-order valence-electron chi connectivity index (χ2n) is 7.82. The van der Waals surface area contributed by atoms with Gasteiger partial charge in [0, 0.05) is 30.4 Å². The molecule has 0 radical (unpaired) electrons. The molecular weight excluding hydrogens is 395 g/mol. The third kappa shape index (κ3) is 5.57. The van der Waals surface area contributed by atoms with E-state index in [1.807, 2.05) is 30.3 Å². The molecule has 7 heteroatoms. The standard InChI is InChI=1S/C24H25FN4O2/c1-17-10-12-29(13-11-17)23-9-8-22(27-28-23)18-4-2-6-20(14-18)26-24(30)16-31-21-7-3-5-19(25)15-21/h2-9,14-15,17H,10-13,16H2,1H3,(H,26,30). The van der Waals surface area contributed by atoms with Crippen molar-refractivity contribution in [3.63, 3.8) is 0 Å². The van der Waals surface area contributed by atoms with Gasteiger partial charge in [0.05, 0.1) is 5.69 Å². The smallest absolute Gasteiger partial charge is 0.262 e. The fourth-order valence-corrected chi connectivity index (χ4v) is 3.54. The second-order valence-corrected chi connectivity index (χ2v) is 7.82. The number of aromatic nitrogens is 2. The Morgan fingerprint density at radius 1 is 1.10 bits per heavy atom. The minimum Gasteiger partial charge on any atom is -0.484 e. The number of hydrogen-bond acceptors (Lipinski definition) is 5. The van der Waals surface area contributed by atoms with Crippen molar-refractivity contribution in [1.82, 2.24) is 10.2 Å². The highest BCUT2D eigenvalue weighted by Crippen LogP contribution is 2.24. The summed E-state index contributed by atoms with van der Waals surface area (Å²) >= 11 is 0. The minimum absolute atomic E-state index is 0.212. The number of carbonyl (C=O) groups excluding carboxylic acids is 1. The van der Waals surface area contributed by atoms with Crippen LogP contribution in [0.1, 0.15) is 19.8 Å². The summed E-state index contributed by atoms with van der Waals surface area (Å²) in [7, 11) is 0. The van der Waals surface area contributed by atoms with E-state index in [4.69, 9.17) is 4.74 Å². The van der Waals surface area contributed by atoms with Crippen LogP contribution in [0.2, 0.25) is 0 Å². The molecule has 2 heterocycles. The molecule has 6 nitrogen and oxygen atoms in total. The molecule has 1 aliphatic rings. The van der Waals surface area contributed by atoms with Crippen molar-refractivity contribution in [3.05, 3.63) is 66.5 Å². The van der Waals surface area contributed by atoms with Crippen molar-refractivity contribution < 1.29 is 13.9 Å². The predicted octanol–water partition coefficient (Wildman–Crippen LogP) is 4.54. The first-order valence-electron chi connectivity index (χ1n) is 10.4. The van der Waals surface area contributed by atoms with Gasteiger partial charge in [-0.05, 0) is 55.2 Å². The minimum atomic E-state index is -0.410. The molecule has 1 saturated heterocycles. The highest BCUT2D eigenvalue weighted by molar-refractivity contribution is 5.92. The summed E-state index contributed by atoms with van der Waals surface area (Å²) in [6, 6.07) is 17.0. The van der Waals surface area contributed by atoms with Crippen molar-refractivity contribution in [2.45, 2.75) is 19.8 Å². The molecule has 1 fully saturated rings. The lowest BCUT2D eigenvalue weighted by Crippen LogP contribution is -2.33. The Labute approximate surface area is 181 Å². The number of amides is 1. The average molecular weight is 420 g/mol. The van der Waals surface area contributed by atoms with Gasteiger partial charge < -0.3 is 15.0 Å².